The summed E-state index contributed by atoms with van der Waals surface area (Å²) in [5.41, 5.74) is 14.8. The number of benzene rings is 6. The zero-order valence-electron chi connectivity index (χ0n) is 25.5. The van der Waals surface area contributed by atoms with Gasteiger partial charge in [-0.05, 0) is 74.1 Å². The Balaban J connectivity index is 1.39. The Morgan fingerprint density at radius 3 is 1.48 bits per heavy atom. The molecule has 8 rings (SSSR count). The molecular formula is C43H31NSSi. The molecule has 0 saturated heterocycles. The van der Waals surface area contributed by atoms with Gasteiger partial charge in [-0.1, -0.05) is 158 Å². The third-order valence-electron chi connectivity index (χ3n) is 8.81. The zero-order chi connectivity index (χ0) is 30.9. The van der Waals surface area contributed by atoms with Gasteiger partial charge in [-0.15, -0.1) is 5.54 Å². The summed E-state index contributed by atoms with van der Waals surface area (Å²) in [5, 5.41) is 6.38. The Labute approximate surface area is 276 Å². The monoisotopic (exact) mass is 621 g/mol. The number of rotatable bonds is 4. The summed E-state index contributed by atoms with van der Waals surface area (Å²) < 4.78 is 0. The molecule has 6 aromatic carbocycles. The molecule has 2 heterocycles. The lowest BCUT2D eigenvalue weighted by atomic mass is 9.89. The number of allylic oxidation sites excluding steroid dienone is 2. The molecule has 1 nitrogen and oxygen atoms in total. The van der Waals surface area contributed by atoms with E-state index in [4.69, 9.17) is 0 Å². The molecule has 0 fully saturated rings. The van der Waals surface area contributed by atoms with Crippen molar-refractivity contribution in [2.24, 2.45) is 0 Å². The van der Waals surface area contributed by atoms with Crippen LogP contribution in [0.4, 0.5) is 11.4 Å². The second kappa shape index (κ2) is 11.9. The smallest absolute Gasteiger partial charge is 0.199 e. The minimum Gasteiger partial charge on any atom is -0.354 e. The maximum atomic E-state index is 4.04. The summed E-state index contributed by atoms with van der Waals surface area (Å²) in [7, 11) is -2.72. The molecule has 6 aromatic rings. The molecule has 1 N–H and O–H groups in total. The molecule has 0 bridgehead atoms. The summed E-state index contributed by atoms with van der Waals surface area (Å²) in [5.74, 6) is 3.74. The van der Waals surface area contributed by atoms with Crippen LogP contribution in [0.2, 0.25) is 6.55 Å². The fourth-order valence-corrected chi connectivity index (χ4v) is 11.7. The first-order valence-corrected chi connectivity index (χ1v) is 18.9. The average Bonchev–Trinajstić information content (AvgIpc) is 3.40. The zero-order valence-corrected chi connectivity index (χ0v) is 27.3. The SMILES string of the molecule is C[Si]1(C#Cc2ccc3c(c2)Nc2ccccc2S3)C(c2ccccc2)=C(c2ccccc2)C(c2ccccc2)=C1c1ccccc1. The molecule has 2 aliphatic rings. The van der Waals surface area contributed by atoms with Crippen molar-refractivity contribution in [3.63, 3.8) is 0 Å². The lowest BCUT2D eigenvalue weighted by molar-refractivity contribution is 1.31. The summed E-state index contributed by atoms with van der Waals surface area (Å²) in [6.45, 7) is 2.45. The van der Waals surface area contributed by atoms with Crippen LogP contribution >= 0.6 is 11.8 Å². The first kappa shape index (κ1) is 28.2. The van der Waals surface area contributed by atoms with Crippen molar-refractivity contribution in [3.05, 3.63) is 192 Å². The second-order valence-electron chi connectivity index (χ2n) is 11.8. The summed E-state index contributed by atoms with van der Waals surface area (Å²) >= 11 is 1.81. The quantitative estimate of drug-likeness (QED) is 0.155. The predicted octanol–water partition coefficient (Wildman–Crippen LogP) is 11.2. The highest BCUT2D eigenvalue weighted by molar-refractivity contribution is 7.99. The molecule has 0 amide bonds. The van der Waals surface area contributed by atoms with Crippen LogP contribution in [0.5, 0.6) is 0 Å². The van der Waals surface area contributed by atoms with E-state index in [-0.39, 0.29) is 0 Å². The topological polar surface area (TPSA) is 12.0 Å². The van der Waals surface area contributed by atoms with Crippen molar-refractivity contribution >= 4 is 52.7 Å². The van der Waals surface area contributed by atoms with E-state index in [0.717, 1.165) is 16.9 Å². The number of fused-ring (bicyclic) bond motifs is 2. The third kappa shape index (κ3) is 5.03. The van der Waals surface area contributed by atoms with Gasteiger partial charge in [-0.25, -0.2) is 0 Å². The average molecular weight is 622 g/mol. The number of hydrogen-bond acceptors (Lipinski definition) is 2. The standard InChI is InChI=1S/C43H31NSSi/c1-46(29-28-31-26-27-39-37(30-31)44-36-24-14-15-25-38(36)45-39)42(34-20-10-4-11-21-34)40(32-16-6-2-7-17-32)41(33-18-8-3-9-19-33)43(46)35-22-12-5-13-23-35/h2-27,30,44H,1H3. The maximum Gasteiger partial charge on any atom is 0.199 e. The van der Waals surface area contributed by atoms with Crippen molar-refractivity contribution in [1.29, 1.82) is 0 Å². The lowest BCUT2D eigenvalue weighted by Gasteiger charge is -2.25. The van der Waals surface area contributed by atoms with E-state index in [1.54, 1.807) is 0 Å². The summed E-state index contributed by atoms with van der Waals surface area (Å²) in [6.07, 6.45) is 0. The Morgan fingerprint density at radius 2 is 0.935 bits per heavy atom. The molecule has 0 aliphatic carbocycles. The van der Waals surface area contributed by atoms with Crippen molar-refractivity contribution in [3.8, 4) is 11.5 Å². The van der Waals surface area contributed by atoms with Crippen LogP contribution in [0.25, 0.3) is 21.5 Å². The van der Waals surface area contributed by atoms with E-state index in [1.807, 2.05) is 11.8 Å². The lowest BCUT2D eigenvalue weighted by Crippen LogP contribution is -2.31. The highest BCUT2D eigenvalue weighted by Gasteiger charge is 2.46. The highest BCUT2D eigenvalue weighted by atomic mass is 32.2. The van der Waals surface area contributed by atoms with Crippen LogP contribution < -0.4 is 5.32 Å². The minimum atomic E-state index is -2.72. The Bertz CT molecular complexity index is 2090. The van der Waals surface area contributed by atoms with E-state index in [2.05, 4.69) is 187 Å². The van der Waals surface area contributed by atoms with Crippen LogP contribution in [0, 0.1) is 11.5 Å². The van der Waals surface area contributed by atoms with E-state index in [1.165, 1.54) is 53.6 Å². The van der Waals surface area contributed by atoms with Crippen molar-refractivity contribution in [2.75, 3.05) is 5.32 Å². The summed E-state index contributed by atoms with van der Waals surface area (Å²) in [6, 6.07) is 58.7. The third-order valence-corrected chi connectivity index (χ3v) is 13.7. The fraction of sp³-hybridized carbons (Fsp3) is 0.0233. The van der Waals surface area contributed by atoms with Gasteiger partial charge >= 0.3 is 0 Å². The van der Waals surface area contributed by atoms with Gasteiger partial charge in [0.15, 0.2) is 8.07 Å². The van der Waals surface area contributed by atoms with Crippen LogP contribution in [0.1, 0.15) is 27.8 Å². The first-order chi connectivity index (χ1) is 22.7. The normalized spacial score (nSPS) is 14.5. The predicted molar refractivity (Wildman–Crippen MR) is 198 cm³/mol. The molecule has 2 aliphatic heterocycles. The maximum absolute atomic E-state index is 4.04. The van der Waals surface area contributed by atoms with Gasteiger partial charge in [0.2, 0.25) is 0 Å². The van der Waals surface area contributed by atoms with Crippen LogP contribution in [-0.4, -0.2) is 8.07 Å². The Morgan fingerprint density at radius 1 is 0.478 bits per heavy atom. The van der Waals surface area contributed by atoms with Crippen LogP contribution in [-0.2, 0) is 0 Å². The second-order valence-corrected chi connectivity index (χ2v) is 16.4. The van der Waals surface area contributed by atoms with E-state index in [0.29, 0.717) is 0 Å². The van der Waals surface area contributed by atoms with E-state index < -0.39 is 8.07 Å². The largest absolute Gasteiger partial charge is 0.354 e. The number of hydrogen-bond donors (Lipinski definition) is 1. The molecule has 0 atom stereocenters. The minimum absolute atomic E-state index is 1.02. The van der Waals surface area contributed by atoms with Gasteiger partial charge < -0.3 is 5.32 Å². The van der Waals surface area contributed by atoms with Crippen LogP contribution in [0.15, 0.2) is 174 Å². The Kier molecular flexibility index (Phi) is 7.31. The van der Waals surface area contributed by atoms with Crippen molar-refractivity contribution < 1.29 is 0 Å². The number of para-hydroxylation sites is 1. The highest BCUT2D eigenvalue weighted by Crippen LogP contribution is 2.55. The van der Waals surface area contributed by atoms with Gasteiger partial charge in [0, 0.05) is 15.4 Å². The Hall–Kier alpha value is -5.27. The van der Waals surface area contributed by atoms with Gasteiger partial charge in [-0.3, -0.25) is 0 Å². The molecule has 0 radical (unpaired) electrons. The van der Waals surface area contributed by atoms with Gasteiger partial charge in [0.05, 0.1) is 11.4 Å². The fourth-order valence-electron chi connectivity index (χ4n) is 6.78. The van der Waals surface area contributed by atoms with E-state index >= 15 is 0 Å². The molecule has 46 heavy (non-hydrogen) atoms. The van der Waals surface area contributed by atoms with Gasteiger partial charge in [0.1, 0.15) is 0 Å². The molecule has 0 spiro atoms. The molecule has 218 valence electrons. The van der Waals surface area contributed by atoms with Gasteiger partial charge in [-0.2, -0.15) is 0 Å². The molecule has 0 aromatic heterocycles. The molecular weight excluding hydrogens is 591 g/mol. The number of anilines is 2. The van der Waals surface area contributed by atoms with Crippen LogP contribution in [0.3, 0.4) is 0 Å². The number of nitrogens with one attached hydrogen (secondary N) is 1. The summed E-state index contributed by atoms with van der Waals surface area (Å²) in [4.78, 5) is 2.47. The van der Waals surface area contributed by atoms with Crippen molar-refractivity contribution in [1.82, 2.24) is 0 Å². The first-order valence-electron chi connectivity index (χ1n) is 15.6. The molecule has 3 heteroatoms. The van der Waals surface area contributed by atoms with Gasteiger partial charge in [0.25, 0.3) is 0 Å². The molecule has 0 unspecified atom stereocenters. The molecule has 0 saturated carbocycles. The van der Waals surface area contributed by atoms with E-state index in [9.17, 15) is 0 Å². The van der Waals surface area contributed by atoms with Crippen molar-refractivity contribution in [2.45, 2.75) is 16.3 Å².